The monoisotopic (exact) mass is 292 g/mol. The Morgan fingerprint density at radius 1 is 1.40 bits per heavy atom. The molecule has 1 amide bonds. The molecule has 2 aromatic heterocycles. The van der Waals surface area contributed by atoms with Gasteiger partial charge >= 0.3 is 0 Å². The predicted molar refractivity (Wildman–Crippen MR) is 79.1 cm³/mol. The summed E-state index contributed by atoms with van der Waals surface area (Å²) in [6.45, 7) is 1.72. The molecule has 106 valence electrons. The number of anilines is 2. The molecule has 0 aromatic carbocycles. The first-order valence-electron chi connectivity index (χ1n) is 6.07. The van der Waals surface area contributed by atoms with E-state index in [4.69, 9.17) is 0 Å². The molecule has 2 heterocycles. The van der Waals surface area contributed by atoms with E-state index in [-0.39, 0.29) is 5.91 Å². The van der Waals surface area contributed by atoms with Gasteiger partial charge in [0, 0.05) is 19.3 Å². The van der Waals surface area contributed by atoms with Crippen LogP contribution in [0.4, 0.5) is 10.9 Å². The molecule has 0 bridgehead atoms. The highest BCUT2D eigenvalue weighted by Gasteiger charge is 2.08. The zero-order valence-electron chi connectivity index (χ0n) is 11.3. The van der Waals surface area contributed by atoms with Crippen LogP contribution < -0.4 is 10.6 Å². The fourth-order valence-electron chi connectivity index (χ4n) is 1.44. The van der Waals surface area contributed by atoms with Crippen molar-refractivity contribution < 1.29 is 4.79 Å². The Hall–Kier alpha value is -2.06. The second kappa shape index (κ2) is 6.92. The van der Waals surface area contributed by atoms with Gasteiger partial charge in [-0.2, -0.15) is 0 Å². The highest BCUT2D eigenvalue weighted by atomic mass is 32.1. The Morgan fingerprint density at radius 3 is 2.85 bits per heavy atom. The van der Waals surface area contributed by atoms with Gasteiger partial charge in [-0.1, -0.05) is 11.3 Å². The van der Waals surface area contributed by atoms with Crippen molar-refractivity contribution in [1.82, 2.24) is 20.1 Å². The van der Waals surface area contributed by atoms with E-state index in [9.17, 15) is 4.79 Å². The van der Waals surface area contributed by atoms with Crippen LogP contribution in [-0.4, -0.2) is 53.2 Å². The van der Waals surface area contributed by atoms with Crippen molar-refractivity contribution in [1.29, 1.82) is 0 Å². The maximum atomic E-state index is 11.9. The summed E-state index contributed by atoms with van der Waals surface area (Å²) >= 11 is 1.27. The van der Waals surface area contributed by atoms with Crippen LogP contribution >= 0.6 is 11.3 Å². The first-order chi connectivity index (χ1) is 9.65. The van der Waals surface area contributed by atoms with Crippen LogP contribution in [0.3, 0.4) is 0 Å². The van der Waals surface area contributed by atoms with Crippen LogP contribution in [0.25, 0.3) is 0 Å². The average Bonchev–Trinajstić information content (AvgIpc) is 2.92. The largest absolute Gasteiger partial charge is 0.369 e. The molecule has 2 aromatic rings. The third kappa shape index (κ3) is 4.25. The molecule has 20 heavy (non-hydrogen) atoms. The van der Waals surface area contributed by atoms with Crippen molar-refractivity contribution in [3.63, 3.8) is 0 Å². The third-order valence-corrected chi connectivity index (χ3v) is 3.08. The van der Waals surface area contributed by atoms with Gasteiger partial charge in [-0.25, -0.2) is 4.98 Å². The predicted octanol–water partition coefficient (Wildman–Crippen LogP) is 1.16. The van der Waals surface area contributed by atoms with Crippen molar-refractivity contribution in [2.45, 2.75) is 0 Å². The van der Waals surface area contributed by atoms with Gasteiger partial charge in [-0.3, -0.25) is 10.1 Å². The highest BCUT2D eigenvalue weighted by molar-refractivity contribution is 7.13. The smallest absolute Gasteiger partial charge is 0.259 e. The molecule has 0 fully saturated rings. The minimum absolute atomic E-state index is 0.242. The Bertz CT molecular complexity index is 540. The number of nitrogens with one attached hydrogen (secondary N) is 2. The van der Waals surface area contributed by atoms with Crippen LogP contribution in [-0.2, 0) is 0 Å². The molecular formula is C12H16N6OS. The highest BCUT2D eigenvalue weighted by Crippen LogP contribution is 2.11. The molecule has 0 aliphatic carbocycles. The Balaban J connectivity index is 1.89. The van der Waals surface area contributed by atoms with E-state index < -0.39 is 0 Å². The summed E-state index contributed by atoms with van der Waals surface area (Å²) in [7, 11) is 4.02. The Labute approximate surface area is 121 Å². The third-order valence-electron chi connectivity index (χ3n) is 2.47. The molecule has 0 atom stereocenters. The van der Waals surface area contributed by atoms with E-state index in [0.29, 0.717) is 10.7 Å². The number of aromatic nitrogens is 3. The molecule has 0 saturated heterocycles. The first-order valence-corrected chi connectivity index (χ1v) is 6.95. The van der Waals surface area contributed by atoms with E-state index in [2.05, 4.69) is 30.7 Å². The number of hydrogen-bond donors (Lipinski definition) is 2. The number of nitrogens with zero attached hydrogens (tertiary/aromatic N) is 4. The second-order valence-electron chi connectivity index (χ2n) is 4.36. The van der Waals surface area contributed by atoms with Crippen LogP contribution in [0.15, 0.2) is 23.8 Å². The van der Waals surface area contributed by atoms with Crippen molar-refractivity contribution >= 4 is 28.2 Å². The summed E-state index contributed by atoms with van der Waals surface area (Å²) in [5.41, 5.74) is 2.05. The molecule has 0 unspecified atom stereocenters. The molecule has 2 rings (SSSR count). The average molecular weight is 292 g/mol. The summed E-state index contributed by atoms with van der Waals surface area (Å²) in [5.74, 6) is 0.508. The number of pyridine rings is 1. The van der Waals surface area contributed by atoms with Gasteiger partial charge in [0.15, 0.2) is 0 Å². The zero-order valence-corrected chi connectivity index (χ0v) is 12.1. The summed E-state index contributed by atoms with van der Waals surface area (Å²) in [6.07, 6.45) is 1.54. The Morgan fingerprint density at radius 2 is 2.25 bits per heavy atom. The van der Waals surface area contributed by atoms with Crippen molar-refractivity contribution in [3.8, 4) is 0 Å². The lowest BCUT2D eigenvalue weighted by molar-refractivity contribution is 0.102. The van der Waals surface area contributed by atoms with Gasteiger partial charge in [-0.05, 0) is 26.2 Å². The number of carbonyl (C=O) groups is 1. The molecule has 7 nitrogen and oxygen atoms in total. The topological polar surface area (TPSA) is 83.0 Å². The number of amides is 1. The van der Waals surface area contributed by atoms with Crippen molar-refractivity contribution in [2.24, 2.45) is 0 Å². The lowest BCUT2D eigenvalue weighted by atomic mass is 10.2. The van der Waals surface area contributed by atoms with Crippen molar-refractivity contribution in [3.05, 3.63) is 29.4 Å². The zero-order chi connectivity index (χ0) is 14.4. The van der Waals surface area contributed by atoms with Crippen molar-refractivity contribution in [2.75, 3.05) is 37.8 Å². The van der Waals surface area contributed by atoms with Crippen LogP contribution in [0.5, 0.6) is 0 Å². The fourth-order valence-corrected chi connectivity index (χ4v) is 1.88. The summed E-state index contributed by atoms with van der Waals surface area (Å²) in [4.78, 5) is 18.2. The summed E-state index contributed by atoms with van der Waals surface area (Å²) in [5, 5.41) is 13.7. The van der Waals surface area contributed by atoms with Gasteiger partial charge in [0.05, 0.1) is 5.56 Å². The maximum absolute atomic E-state index is 11.9. The van der Waals surface area contributed by atoms with E-state index >= 15 is 0 Å². The number of carbonyl (C=O) groups excluding carboxylic acids is 1. The lowest BCUT2D eigenvalue weighted by Gasteiger charge is -2.10. The minimum Gasteiger partial charge on any atom is -0.369 e. The van der Waals surface area contributed by atoms with Gasteiger partial charge in [0.2, 0.25) is 5.13 Å². The van der Waals surface area contributed by atoms with E-state index in [1.807, 2.05) is 14.1 Å². The van der Waals surface area contributed by atoms with Gasteiger partial charge in [-0.15, -0.1) is 10.2 Å². The molecule has 0 saturated carbocycles. The van der Waals surface area contributed by atoms with Crippen LogP contribution in [0.2, 0.25) is 0 Å². The van der Waals surface area contributed by atoms with Crippen LogP contribution in [0, 0.1) is 0 Å². The van der Waals surface area contributed by atoms with Gasteiger partial charge in [0.1, 0.15) is 11.3 Å². The molecule has 2 N–H and O–H groups in total. The lowest BCUT2D eigenvalue weighted by Crippen LogP contribution is -2.21. The standard InChI is InChI=1S/C12H16N6OS/c1-18(2)6-5-13-10-4-3-9(7-14-10)11(19)16-12-17-15-8-20-12/h3-4,7-8H,5-6H2,1-2H3,(H,13,14)(H,16,17,19). The van der Waals surface area contributed by atoms with Crippen LogP contribution in [0.1, 0.15) is 10.4 Å². The molecule has 0 aliphatic rings. The molecule has 0 aliphatic heterocycles. The van der Waals surface area contributed by atoms with E-state index in [1.54, 1.807) is 17.6 Å². The minimum atomic E-state index is -0.242. The summed E-state index contributed by atoms with van der Waals surface area (Å²) in [6, 6.07) is 3.51. The fraction of sp³-hybridized carbons (Fsp3) is 0.333. The summed E-state index contributed by atoms with van der Waals surface area (Å²) < 4.78 is 0. The molecule has 0 radical (unpaired) electrons. The SMILES string of the molecule is CN(C)CCNc1ccc(C(=O)Nc2nncs2)cn1. The van der Waals surface area contributed by atoms with Gasteiger partial charge in [0.25, 0.3) is 5.91 Å². The van der Waals surface area contributed by atoms with E-state index in [1.165, 1.54) is 17.5 Å². The second-order valence-corrected chi connectivity index (χ2v) is 5.19. The first kappa shape index (κ1) is 14.4. The van der Waals surface area contributed by atoms with E-state index in [0.717, 1.165) is 18.9 Å². The molecule has 8 heteroatoms. The number of rotatable bonds is 6. The quantitative estimate of drug-likeness (QED) is 0.831. The maximum Gasteiger partial charge on any atom is 0.259 e. The number of likely N-dealkylation sites (N-methyl/N-ethyl adjacent to an activating group) is 1. The molecular weight excluding hydrogens is 276 g/mol. The number of hydrogen-bond acceptors (Lipinski definition) is 7. The Kier molecular flexibility index (Phi) is 4.97. The molecule has 0 spiro atoms. The van der Waals surface area contributed by atoms with Gasteiger partial charge < -0.3 is 10.2 Å². The normalized spacial score (nSPS) is 10.6.